The summed E-state index contributed by atoms with van der Waals surface area (Å²) < 4.78 is 5.32. The van der Waals surface area contributed by atoms with Gasteiger partial charge in [-0.05, 0) is 41.7 Å². The summed E-state index contributed by atoms with van der Waals surface area (Å²) in [6.07, 6.45) is 2.33. The van der Waals surface area contributed by atoms with Gasteiger partial charge in [0, 0.05) is 12.6 Å². The predicted molar refractivity (Wildman–Crippen MR) is 84.6 cm³/mol. The first-order chi connectivity index (χ1) is 9.36. The van der Waals surface area contributed by atoms with Gasteiger partial charge in [-0.2, -0.15) is 0 Å². The van der Waals surface area contributed by atoms with Crippen molar-refractivity contribution in [2.75, 3.05) is 7.11 Å². The summed E-state index contributed by atoms with van der Waals surface area (Å²) in [5.41, 5.74) is 4.18. The van der Waals surface area contributed by atoms with Crippen LogP contribution in [0.15, 0.2) is 48.5 Å². The molecule has 3 rings (SSSR count). The van der Waals surface area contributed by atoms with E-state index in [4.69, 9.17) is 4.74 Å². The van der Waals surface area contributed by atoms with Crippen LogP contribution < -0.4 is 10.1 Å². The topological polar surface area (TPSA) is 21.3 Å². The Morgan fingerprint density at radius 2 is 1.95 bits per heavy atom. The number of fused-ring (bicyclic) bond motifs is 1. The van der Waals surface area contributed by atoms with Gasteiger partial charge >= 0.3 is 0 Å². The normalized spacial score (nSPS) is 16.4. The number of hydrogen-bond acceptors (Lipinski definition) is 2. The number of hydrogen-bond donors (Lipinski definition) is 1. The summed E-state index contributed by atoms with van der Waals surface area (Å²) in [7, 11) is 1.73. The van der Waals surface area contributed by atoms with Crippen molar-refractivity contribution in [2.45, 2.75) is 25.4 Å². The highest BCUT2D eigenvalue weighted by Crippen LogP contribution is 2.33. The second kappa shape index (κ2) is 6.78. The maximum Gasteiger partial charge on any atom is 0.119 e. The van der Waals surface area contributed by atoms with Crippen LogP contribution in [-0.4, -0.2) is 7.11 Å². The molecule has 1 aliphatic rings. The minimum absolute atomic E-state index is 0. The molecule has 2 aromatic rings. The fourth-order valence-electron chi connectivity index (χ4n) is 2.76. The molecule has 0 heterocycles. The van der Waals surface area contributed by atoms with Crippen LogP contribution >= 0.6 is 12.4 Å². The van der Waals surface area contributed by atoms with Crippen molar-refractivity contribution in [1.82, 2.24) is 5.32 Å². The van der Waals surface area contributed by atoms with Gasteiger partial charge in [0.2, 0.25) is 0 Å². The largest absolute Gasteiger partial charge is 0.497 e. The smallest absolute Gasteiger partial charge is 0.119 e. The minimum atomic E-state index is 0. The number of aryl methyl sites for hydroxylation is 1. The van der Waals surface area contributed by atoms with Crippen molar-refractivity contribution < 1.29 is 4.74 Å². The monoisotopic (exact) mass is 289 g/mol. The van der Waals surface area contributed by atoms with Crippen molar-refractivity contribution >= 4 is 12.4 Å². The molecule has 0 amide bonds. The summed E-state index contributed by atoms with van der Waals surface area (Å²) in [4.78, 5) is 0. The molecule has 2 nitrogen and oxygen atoms in total. The van der Waals surface area contributed by atoms with E-state index in [1.54, 1.807) is 7.11 Å². The van der Waals surface area contributed by atoms with Crippen LogP contribution in [0.4, 0.5) is 0 Å². The van der Waals surface area contributed by atoms with Crippen molar-refractivity contribution in [2.24, 2.45) is 0 Å². The molecule has 0 fully saturated rings. The standard InChI is InChI=1S/C17H19NO.ClH/c1-19-15-9-7-14-8-10-17(16(14)11-15)18-12-13-5-3-2-4-6-13;/h2-7,9,11,17-18H,8,10,12H2,1H3;1H/t17-;/m0./s1. The molecule has 1 atom stereocenters. The fraction of sp³-hybridized carbons (Fsp3) is 0.294. The van der Waals surface area contributed by atoms with Gasteiger partial charge in [0.05, 0.1) is 7.11 Å². The number of rotatable bonds is 4. The lowest BCUT2D eigenvalue weighted by atomic mass is 10.1. The van der Waals surface area contributed by atoms with Gasteiger partial charge in [-0.25, -0.2) is 0 Å². The first-order valence-electron chi connectivity index (χ1n) is 6.81. The maximum atomic E-state index is 5.32. The Kier molecular flexibility index (Phi) is 5.05. The Labute approximate surface area is 126 Å². The van der Waals surface area contributed by atoms with E-state index in [0.717, 1.165) is 18.7 Å². The first kappa shape index (κ1) is 14.9. The molecule has 0 spiro atoms. The second-order valence-corrected chi connectivity index (χ2v) is 5.02. The van der Waals surface area contributed by atoms with E-state index in [9.17, 15) is 0 Å². The Morgan fingerprint density at radius 3 is 2.70 bits per heavy atom. The van der Waals surface area contributed by atoms with E-state index in [1.807, 2.05) is 0 Å². The molecule has 0 aromatic heterocycles. The van der Waals surface area contributed by atoms with Gasteiger partial charge in [-0.1, -0.05) is 36.4 Å². The molecule has 106 valence electrons. The van der Waals surface area contributed by atoms with Gasteiger partial charge in [0.15, 0.2) is 0 Å². The van der Waals surface area contributed by atoms with Crippen LogP contribution in [0, 0.1) is 0 Å². The average Bonchev–Trinajstić information content (AvgIpc) is 2.88. The zero-order chi connectivity index (χ0) is 13.1. The first-order valence-corrected chi connectivity index (χ1v) is 6.81. The molecule has 0 bridgehead atoms. The van der Waals surface area contributed by atoms with E-state index in [0.29, 0.717) is 6.04 Å². The van der Waals surface area contributed by atoms with Crippen LogP contribution in [0.3, 0.4) is 0 Å². The summed E-state index contributed by atoms with van der Waals surface area (Å²) in [6, 6.07) is 17.4. The molecular weight excluding hydrogens is 270 g/mol. The van der Waals surface area contributed by atoms with Crippen LogP contribution in [0.5, 0.6) is 5.75 Å². The molecule has 3 heteroatoms. The molecule has 0 saturated carbocycles. The highest BCUT2D eigenvalue weighted by molar-refractivity contribution is 5.85. The number of methoxy groups -OCH3 is 1. The van der Waals surface area contributed by atoms with E-state index in [2.05, 4.69) is 53.8 Å². The lowest BCUT2D eigenvalue weighted by molar-refractivity contribution is 0.413. The van der Waals surface area contributed by atoms with Gasteiger partial charge in [0.1, 0.15) is 5.75 Å². The molecule has 0 saturated heterocycles. The highest BCUT2D eigenvalue weighted by Gasteiger charge is 2.22. The van der Waals surface area contributed by atoms with Crippen molar-refractivity contribution in [3.8, 4) is 5.75 Å². The maximum absolute atomic E-state index is 5.32. The van der Waals surface area contributed by atoms with E-state index in [1.165, 1.54) is 23.1 Å². The van der Waals surface area contributed by atoms with Gasteiger partial charge in [0.25, 0.3) is 0 Å². The van der Waals surface area contributed by atoms with Crippen molar-refractivity contribution in [3.63, 3.8) is 0 Å². The average molecular weight is 290 g/mol. The van der Waals surface area contributed by atoms with E-state index >= 15 is 0 Å². The van der Waals surface area contributed by atoms with Crippen LogP contribution in [0.1, 0.15) is 29.2 Å². The Hall–Kier alpha value is -1.51. The van der Waals surface area contributed by atoms with E-state index < -0.39 is 0 Å². The third kappa shape index (κ3) is 3.14. The molecule has 2 aromatic carbocycles. The number of halogens is 1. The number of benzene rings is 2. The van der Waals surface area contributed by atoms with Gasteiger partial charge < -0.3 is 10.1 Å². The third-order valence-electron chi connectivity index (χ3n) is 3.83. The Bertz CT molecular complexity index is 556. The molecule has 0 radical (unpaired) electrons. The SMILES string of the molecule is COc1ccc2c(c1)[C@@H](NCc1ccccc1)CC2.Cl. The van der Waals surface area contributed by atoms with Crippen LogP contribution in [0.25, 0.3) is 0 Å². The summed E-state index contributed by atoms with van der Waals surface area (Å²) in [5.74, 6) is 0.951. The molecule has 20 heavy (non-hydrogen) atoms. The zero-order valence-electron chi connectivity index (χ0n) is 11.6. The number of nitrogens with one attached hydrogen (secondary N) is 1. The minimum Gasteiger partial charge on any atom is -0.497 e. The Balaban J connectivity index is 0.00000147. The summed E-state index contributed by atoms with van der Waals surface area (Å²) >= 11 is 0. The summed E-state index contributed by atoms with van der Waals surface area (Å²) in [6.45, 7) is 0.919. The molecule has 0 unspecified atom stereocenters. The van der Waals surface area contributed by atoms with Gasteiger partial charge in [-0.15, -0.1) is 12.4 Å². The lowest BCUT2D eigenvalue weighted by Crippen LogP contribution is -2.18. The predicted octanol–water partition coefficient (Wildman–Crippen LogP) is 3.89. The zero-order valence-corrected chi connectivity index (χ0v) is 12.5. The summed E-state index contributed by atoms with van der Waals surface area (Å²) in [5, 5.41) is 3.65. The lowest BCUT2D eigenvalue weighted by Gasteiger charge is -2.15. The molecule has 0 aliphatic heterocycles. The molecule has 1 N–H and O–H groups in total. The fourth-order valence-corrected chi connectivity index (χ4v) is 2.76. The molecular formula is C17H20ClNO. The highest BCUT2D eigenvalue weighted by atomic mass is 35.5. The van der Waals surface area contributed by atoms with Crippen molar-refractivity contribution in [1.29, 1.82) is 0 Å². The van der Waals surface area contributed by atoms with Gasteiger partial charge in [-0.3, -0.25) is 0 Å². The van der Waals surface area contributed by atoms with Crippen LogP contribution in [-0.2, 0) is 13.0 Å². The number of ether oxygens (including phenoxy) is 1. The second-order valence-electron chi connectivity index (χ2n) is 5.02. The van der Waals surface area contributed by atoms with E-state index in [-0.39, 0.29) is 12.4 Å². The third-order valence-corrected chi connectivity index (χ3v) is 3.83. The Morgan fingerprint density at radius 1 is 1.15 bits per heavy atom. The van der Waals surface area contributed by atoms with Crippen LogP contribution in [0.2, 0.25) is 0 Å². The van der Waals surface area contributed by atoms with Crippen molar-refractivity contribution in [3.05, 3.63) is 65.2 Å². The molecule has 1 aliphatic carbocycles. The quantitative estimate of drug-likeness (QED) is 0.922.